The number of benzene rings is 1. The van der Waals surface area contributed by atoms with Gasteiger partial charge in [0, 0.05) is 36.5 Å². The van der Waals surface area contributed by atoms with Crippen molar-refractivity contribution in [3.8, 4) is 0 Å². The van der Waals surface area contributed by atoms with Gasteiger partial charge in [0.05, 0.1) is 0 Å². The van der Waals surface area contributed by atoms with Gasteiger partial charge in [0.25, 0.3) is 0 Å². The van der Waals surface area contributed by atoms with Crippen molar-refractivity contribution in [3.63, 3.8) is 0 Å². The Hall–Kier alpha value is -2.10. The van der Waals surface area contributed by atoms with Crippen molar-refractivity contribution < 1.29 is 9.59 Å². The molecule has 1 amide bonds. The molecule has 0 heterocycles. The van der Waals surface area contributed by atoms with E-state index in [1.807, 2.05) is 24.3 Å². The maximum atomic E-state index is 11.6. The third-order valence-electron chi connectivity index (χ3n) is 3.08. The summed E-state index contributed by atoms with van der Waals surface area (Å²) in [5.41, 5.74) is 2.54. The van der Waals surface area contributed by atoms with E-state index < -0.39 is 0 Å². The van der Waals surface area contributed by atoms with Gasteiger partial charge < -0.3 is 10.6 Å². The first-order chi connectivity index (χ1) is 9.15. The van der Waals surface area contributed by atoms with Crippen LogP contribution < -0.4 is 10.6 Å². The number of anilines is 2. The molecule has 2 rings (SSSR count). The van der Waals surface area contributed by atoms with Gasteiger partial charge in [-0.3, -0.25) is 9.59 Å². The first kappa shape index (κ1) is 13.3. The minimum absolute atomic E-state index is 0.0874. The highest BCUT2D eigenvalue weighted by Gasteiger charge is 2.14. The van der Waals surface area contributed by atoms with Crippen LogP contribution in [0.3, 0.4) is 0 Å². The molecule has 0 aliphatic heterocycles. The smallest absolute Gasteiger partial charge is 0.221 e. The number of amides is 1. The average molecular weight is 258 g/mol. The maximum absolute atomic E-state index is 11.6. The van der Waals surface area contributed by atoms with E-state index in [1.165, 1.54) is 6.92 Å². The molecule has 4 nitrogen and oxygen atoms in total. The number of allylic oxidation sites excluding steroid dienone is 1. The fourth-order valence-corrected chi connectivity index (χ4v) is 2.08. The van der Waals surface area contributed by atoms with E-state index in [9.17, 15) is 9.59 Å². The summed E-state index contributed by atoms with van der Waals surface area (Å²) in [4.78, 5) is 22.5. The number of carbonyl (C=O) groups is 2. The van der Waals surface area contributed by atoms with Crippen molar-refractivity contribution in [2.75, 3.05) is 10.6 Å². The van der Waals surface area contributed by atoms with Gasteiger partial charge in [-0.15, -0.1) is 0 Å². The van der Waals surface area contributed by atoms with Crippen LogP contribution in [-0.4, -0.2) is 11.7 Å². The highest BCUT2D eigenvalue weighted by molar-refractivity contribution is 5.96. The molecule has 0 aromatic heterocycles. The highest BCUT2D eigenvalue weighted by atomic mass is 16.1. The Bertz CT molecular complexity index is 503. The van der Waals surface area contributed by atoms with Crippen LogP contribution in [0, 0.1) is 0 Å². The Balaban J connectivity index is 1.97. The van der Waals surface area contributed by atoms with Gasteiger partial charge in [-0.25, -0.2) is 0 Å². The highest BCUT2D eigenvalue weighted by Crippen LogP contribution is 2.20. The standard InChI is InChI=1S/C15H18N2O2/c1-11(18)17-14-8-6-13(7-9-14)16-10-12-4-2-3-5-15(12)19/h6-10,16H,2-5H2,1H3,(H,17,18)/b12-10-. The second kappa shape index (κ2) is 6.18. The molecule has 0 spiro atoms. The van der Waals surface area contributed by atoms with E-state index in [2.05, 4.69) is 10.6 Å². The molecule has 0 bridgehead atoms. The van der Waals surface area contributed by atoms with Crippen molar-refractivity contribution in [1.29, 1.82) is 0 Å². The van der Waals surface area contributed by atoms with Crippen molar-refractivity contribution in [3.05, 3.63) is 36.0 Å². The number of hydrogen-bond donors (Lipinski definition) is 2. The summed E-state index contributed by atoms with van der Waals surface area (Å²) < 4.78 is 0. The van der Waals surface area contributed by atoms with Crippen LogP contribution in [0.25, 0.3) is 0 Å². The molecule has 1 saturated carbocycles. The van der Waals surface area contributed by atoms with Crippen molar-refractivity contribution >= 4 is 23.1 Å². The Morgan fingerprint density at radius 1 is 1.11 bits per heavy atom. The van der Waals surface area contributed by atoms with Crippen LogP contribution >= 0.6 is 0 Å². The molecule has 19 heavy (non-hydrogen) atoms. The van der Waals surface area contributed by atoms with Gasteiger partial charge in [0.1, 0.15) is 0 Å². The van der Waals surface area contributed by atoms with E-state index in [-0.39, 0.29) is 11.7 Å². The molecule has 0 saturated heterocycles. The van der Waals surface area contributed by atoms with Crippen LogP contribution in [0.4, 0.5) is 11.4 Å². The van der Waals surface area contributed by atoms with Crippen molar-refractivity contribution in [2.24, 2.45) is 0 Å². The summed E-state index contributed by atoms with van der Waals surface area (Å²) in [6.07, 6.45) is 5.40. The molecule has 100 valence electrons. The Kier molecular flexibility index (Phi) is 4.34. The quantitative estimate of drug-likeness (QED) is 0.819. The number of nitrogens with one attached hydrogen (secondary N) is 2. The monoisotopic (exact) mass is 258 g/mol. The van der Waals surface area contributed by atoms with Gasteiger partial charge >= 0.3 is 0 Å². The summed E-state index contributed by atoms with van der Waals surface area (Å²) in [6, 6.07) is 7.39. The fourth-order valence-electron chi connectivity index (χ4n) is 2.08. The van der Waals surface area contributed by atoms with Crippen LogP contribution in [0.15, 0.2) is 36.0 Å². The Morgan fingerprint density at radius 3 is 2.37 bits per heavy atom. The zero-order valence-electron chi connectivity index (χ0n) is 11.0. The first-order valence-corrected chi connectivity index (χ1v) is 6.51. The molecule has 1 fully saturated rings. The molecule has 1 aromatic rings. The van der Waals surface area contributed by atoms with Crippen molar-refractivity contribution in [2.45, 2.75) is 32.6 Å². The number of carbonyl (C=O) groups excluding carboxylic acids is 2. The van der Waals surface area contributed by atoms with Gasteiger partial charge in [0.15, 0.2) is 5.78 Å². The molecule has 0 radical (unpaired) electrons. The Labute approximate surface area is 112 Å². The lowest BCUT2D eigenvalue weighted by atomic mass is 9.94. The van der Waals surface area contributed by atoms with Crippen LogP contribution in [-0.2, 0) is 9.59 Å². The predicted molar refractivity (Wildman–Crippen MR) is 75.9 cm³/mol. The fraction of sp³-hybridized carbons (Fsp3) is 0.333. The molecule has 1 aliphatic carbocycles. The largest absolute Gasteiger partial charge is 0.361 e. The maximum Gasteiger partial charge on any atom is 0.221 e. The van der Waals surface area contributed by atoms with E-state index in [1.54, 1.807) is 6.20 Å². The lowest BCUT2D eigenvalue weighted by Gasteiger charge is -2.13. The molecule has 1 aliphatic rings. The normalized spacial score (nSPS) is 17.3. The van der Waals surface area contributed by atoms with Crippen molar-refractivity contribution in [1.82, 2.24) is 0 Å². The van der Waals surface area contributed by atoms with E-state index in [0.717, 1.165) is 36.2 Å². The SMILES string of the molecule is CC(=O)Nc1ccc(N/C=C2/CCCCC2=O)cc1. The minimum Gasteiger partial charge on any atom is -0.361 e. The molecule has 2 N–H and O–H groups in total. The predicted octanol–water partition coefficient (Wildman–Crippen LogP) is 3.08. The van der Waals surface area contributed by atoms with E-state index in [0.29, 0.717) is 6.42 Å². The lowest BCUT2D eigenvalue weighted by Crippen LogP contribution is -2.10. The molecule has 0 atom stereocenters. The van der Waals surface area contributed by atoms with E-state index in [4.69, 9.17) is 0 Å². The second-order valence-corrected chi connectivity index (χ2v) is 4.70. The third kappa shape index (κ3) is 3.95. The summed E-state index contributed by atoms with van der Waals surface area (Å²) >= 11 is 0. The van der Waals surface area contributed by atoms with Gasteiger partial charge in [-0.1, -0.05) is 0 Å². The first-order valence-electron chi connectivity index (χ1n) is 6.51. The average Bonchev–Trinajstić information content (AvgIpc) is 2.39. The summed E-state index contributed by atoms with van der Waals surface area (Å²) in [5.74, 6) is 0.157. The molecule has 4 heteroatoms. The molecular formula is C15H18N2O2. The number of Topliss-reactive ketones (excluding diaryl/α,β-unsaturated/α-hetero) is 1. The molecule has 0 unspecified atom stereocenters. The molecule has 1 aromatic carbocycles. The summed E-state index contributed by atoms with van der Waals surface area (Å²) in [5, 5.41) is 5.84. The zero-order valence-corrected chi connectivity index (χ0v) is 11.0. The zero-order chi connectivity index (χ0) is 13.7. The van der Waals surface area contributed by atoms with Crippen LogP contribution in [0.1, 0.15) is 32.6 Å². The third-order valence-corrected chi connectivity index (χ3v) is 3.08. The minimum atomic E-state index is -0.0874. The Morgan fingerprint density at radius 2 is 1.74 bits per heavy atom. The topological polar surface area (TPSA) is 58.2 Å². The van der Waals surface area contributed by atoms with Gasteiger partial charge in [0.2, 0.25) is 5.91 Å². The molecular weight excluding hydrogens is 240 g/mol. The van der Waals surface area contributed by atoms with Gasteiger partial charge in [-0.05, 0) is 43.5 Å². The van der Waals surface area contributed by atoms with E-state index >= 15 is 0 Å². The number of ketones is 1. The number of rotatable bonds is 3. The van der Waals surface area contributed by atoms with Gasteiger partial charge in [-0.2, -0.15) is 0 Å². The van der Waals surface area contributed by atoms with Crippen LogP contribution in [0.5, 0.6) is 0 Å². The summed E-state index contributed by atoms with van der Waals surface area (Å²) in [7, 11) is 0. The number of hydrogen-bond acceptors (Lipinski definition) is 3. The summed E-state index contributed by atoms with van der Waals surface area (Å²) in [6.45, 7) is 1.48. The van der Waals surface area contributed by atoms with Crippen LogP contribution in [0.2, 0.25) is 0 Å². The lowest BCUT2D eigenvalue weighted by molar-refractivity contribution is -0.116. The second-order valence-electron chi connectivity index (χ2n) is 4.70.